The second kappa shape index (κ2) is 38.1. The zero-order valence-corrected chi connectivity index (χ0v) is 38.0. The molecule has 1 unspecified atom stereocenters. The van der Waals surface area contributed by atoms with E-state index in [0.717, 1.165) is 83.5 Å². The van der Waals surface area contributed by atoms with Crippen LogP contribution in [0.1, 0.15) is 187 Å². The fourth-order valence-corrected chi connectivity index (χ4v) is 6.73. The molecule has 0 saturated heterocycles. The van der Waals surface area contributed by atoms with Crippen molar-refractivity contribution in [1.82, 2.24) is 0 Å². The van der Waals surface area contributed by atoms with Gasteiger partial charge in [-0.25, -0.2) is 4.57 Å². The fraction of sp³-hybridized carbons (Fsp3) is 0.804. The number of allylic oxidation sites excluding steroid dienone is 6. The molecule has 0 aromatic heterocycles. The molecule has 0 aliphatic heterocycles. The van der Waals surface area contributed by atoms with E-state index in [1.165, 1.54) is 64.2 Å². The molecule has 332 valence electrons. The Labute approximate surface area is 348 Å². The number of hydrogen-bond donors (Lipinski definition) is 1. The molecule has 0 spiro atoms. The number of quaternary nitrogens is 1. The van der Waals surface area contributed by atoms with Crippen molar-refractivity contribution < 1.29 is 46.8 Å². The first kappa shape index (κ1) is 54.9. The van der Waals surface area contributed by atoms with Crippen LogP contribution >= 0.6 is 7.82 Å². The molecule has 11 heteroatoms. The summed E-state index contributed by atoms with van der Waals surface area (Å²) in [7, 11) is 1.42. The summed E-state index contributed by atoms with van der Waals surface area (Å²) in [5.74, 6) is -0.687. The normalized spacial score (nSPS) is 13.8. The van der Waals surface area contributed by atoms with Gasteiger partial charge >= 0.3 is 19.8 Å². The summed E-state index contributed by atoms with van der Waals surface area (Å²) >= 11 is 0. The SMILES string of the molecule is CCCCCCCC/C=C\CCCCCCCCCC(=O)OC[C@H](COP(=O)(O)OCC[N+](C)(C)C)OC(=O)CCCCCCC/C=C\C=C\C(=O)CCCCC. The number of unbranched alkanes of at least 4 members (excludes halogenated alkanes) is 20. The molecular weight excluding hydrogens is 741 g/mol. The Hall–Kier alpha value is -2.10. The summed E-state index contributed by atoms with van der Waals surface area (Å²) in [6, 6.07) is 0. The number of hydrogen-bond acceptors (Lipinski definition) is 8. The Morgan fingerprint density at radius 2 is 1.05 bits per heavy atom. The first-order valence-electron chi connectivity index (χ1n) is 22.7. The van der Waals surface area contributed by atoms with Crippen LogP contribution in [0.5, 0.6) is 0 Å². The van der Waals surface area contributed by atoms with Gasteiger partial charge in [0.05, 0.1) is 27.7 Å². The Morgan fingerprint density at radius 1 is 0.579 bits per heavy atom. The molecule has 0 aliphatic carbocycles. The monoisotopic (exact) mass is 827 g/mol. The number of phosphoric ester groups is 1. The summed E-state index contributed by atoms with van der Waals surface area (Å²) in [6.45, 7) is 4.20. The van der Waals surface area contributed by atoms with Crippen LogP contribution in [0.25, 0.3) is 0 Å². The highest BCUT2D eigenvalue weighted by Crippen LogP contribution is 2.43. The average molecular weight is 827 g/mol. The highest BCUT2D eigenvalue weighted by Gasteiger charge is 2.27. The number of ketones is 1. The molecule has 0 aromatic rings. The molecule has 0 aliphatic rings. The molecule has 0 radical (unpaired) electrons. The number of carbonyl (C=O) groups excluding carboxylic acids is 3. The van der Waals surface area contributed by atoms with Crippen LogP contribution in [-0.2, 0) is 37.5 Å². The maximum Gasteiger partial charge on any atom is 0.472 e. The maximum atomic E-state index is 12.7. The zero-order valence-electron chi connectivity index (χ0n) is 37.1. The number of nitrogens with zero attached hydrogens (tertiary/aromatic N) is 1. The van der Waals surface area contributed by atoms with Crippen LogP contribution in [0.3, 0.4) is 0 Å². The average Bonchev–Trinajstić information content (AvgIpc) is 3.15. The smallest absolute Gasteiger partial charge is 0.462 e. The van der Waals surface area contributed by atoms with Crippen LogP contribution in [0, 0.1) is 0 Å². The van der Waals surface area contributed by atoms with Crippen molar-refractivity contribution in [3.05, 3.63) is 36.5 Å². The summed E-state index contributed by atoms with van der Waals surface area (Å²) in [6.07, 6.45) is 38.8. The molecule has 57 heavy (non-hydrogen) atoms. The van der Waals surface area contributed by atoms with E-state index in [1.807, 2.05) is 33.3 Å². The lowest BCUT2D eigenvalue weighted by Gasteiger charge is -2.24. The minimum Gasteiger partial charge on any atom is -0.462 e. The molecule has 0 fully saturated rings. The quantitative estimate of drug-likeness (QED) is 0.0122. The number of ether oxygens (including phenoxy) is 2. The topological polar surface area (TPSA) is 125 Å². The van der Waals surface area contributed by atoms with Crippen LogP contribution in [0.4, 0.5) is 0 Å². The standard InChI is InChI=1S/C46H84NO9P/c1-6-8-10-11-12-13-14-15-16-17-18-19-20-23-26-29-33-37-45(49)53-41-44(42-55-57(51,52)54-40-39-47(3,4)5)56-46(50)38-34-30-27-24-21-22-25-28-32-36-43(48)35-31-9-7-2/h15-16,25,28,32,36,44H,6-14,17-24,26-27,29-31,33-35,37-42H2,1-5H3/p+1/b16-15-,28-25-,36-32+/t44-/m1/s1. The number of rotatable bonds is 41. The Bertz CT molecular complexity index is 1130. The molecule has 1 N–H and O–H groups in total. The van der Waals surface area contributed by atoms with Gasteiger partial charge in [-0.1, -0.05) is 141 Å². The lowest BCUT2D eigenvalue weighted by atomic mass is 10.1. The van der Waals surface area contributed by atoms with E-state index in [1.54, 1.807) is 6.08 Å². The molecule has 0 bridgehead atoms. The van der Waals surface area contributed by atoms with Crippen molar-refractivity contribution in [2.45, 2.75) is 193 Å². The molecule has 0 rings (SSSR count). The maximum absolute atomic E-state index is 12.7. The zero-order chi connectivity index (χ0) is 42.3. The molecular formula is C46H85NO9P+. The molecule has 0 saturated carbocycles. The first-order valence-corrected chi connectivity index (χ1v) is 24.2. The van der Waals surface area contributed by atoms with Crippen LogP contribution in [0.15, 0.2) is 36.5 Å². The summed E-state index contributed by atoms with van der Waals surface area (Å²) in [4.78, 5) is 47.1. The minimum atomic E-state index is -4.40. The van der Waals surface area contributed by atoms with Crippen molar-refractivity contribution >= 4 is 25.5 Å². The molecule has 0 heterocycles. The van der Waals surface area contributed by atoms with Crippen molar-refractivity contribution in [2.75, 3.05) is 47.5 Å². The van der Waals surface area contributed by atoms with Gasteiger partial charge in [0.25, 0.3) is 0 Å². The van der Waals surface area contributed by atoms with Crippen molar-refractivity contribution in [3.63, 3.8) is 0 Å². The van der Waals surface area contributed by atoms with Gasteiger partial charge in [-0.05, 0) is 63.9 Å². The second-order valence-electron chi connectivity index (χ2n) is 16.5. The summed E-state index contributed by atoms with van der Waals surface area (Å²) < 4.78 is 34.2. The molecule has 2 atom stereocenters. The minimum absolute atomic E-state index is 0.0148. The molecule has 10 nitrogen and oxygen atoms in total. The third-order valence-electron chi connectivity index (χ3n) is 9.62. The van der Waals surface area contributed by atoms with Gasteiger partial charge in [0.15, 0.2) is 11.9 Å². The summed E-state index contributed by atoms with van der Waals surface area (Å²) in [5, 5.41) is 0. The highest BCUT2D eigenvalue weighted by atomic mass is 31.2. The van der Waals surface area contributed by atoms with Gasteiger partial charge in [0.1, 0.15) is 19.8 Å². The van der Waals surface area contributed by atoms with Gasteiger partial charge < -0.3 is 18.9 Å². The number of carbonyl (C=O) groups is 3. The Kier molecular flexibility index (Phi) is 36.7. The van der Waals surface area contributed by atoms with Crippen molar-refractivity contribution in [3.8, 4) is 0 Å². The van der Waals surface area contributed by atoms with Gasteiger partial charge in [-0.3, -0.25) is 23.4 Å². The van der Waals surface area contributed by atoms with E-state index in [9.17, 15) is 23.8 Å². The van der Waals surface area contributed by atoms with E-state index in [0.29, 0.717) is 23.9 Å². The van der Waals surface area contributed by atoms with E-state index in [4.69, 9.17) is 18.5 Å². The predicted molar refractivity (Wildman–Crippen MR) is 234 cm³/mol. The van der Waals surface area contributed by atoms with Crippen LogP contribution in [0.2, 0.25) is 0 Å². The molecule has 0 amide bonds. The van der Waals surface area contributed by atoms with E-state index in [-0.39, 0.29) is 31.8 Å². The predicted octanol–water partition coefficient (Wildman–Crippen LogP) is 12.1. The molecule has 0 aromatic carbocycles. The van der Waals surface area contributed by atoms with Gasteiger partial charge in [0.2, 0.25) is 0 Å². The lowest BCUT2D eigenvalue weighted by molar-refractivity contribution is -0.870. The largest absolute Gasteiger partial charge is 0.472 e. The second-order valence-corrected chi connectivity index (χ2v) is 17.9. The first-order chi connectivity index (χ1) is 27.4. The third kappa shape index (κ3) is 41.8. The van der Waals surface area contributed by atoms with Gasteiger partial charge in [0, 0.05) is 19.3 Å². The van der Waals surface area contributed by atoms with Crippen molar-refractivity contribution in [2.24, 2.45) is 0 Å². The van der Waals surface area contributed by atoms with Gasteiger partial charge in [-0.15, -0.1) is 0 Å². The van der Waals surface area contributed by atoms with Crippen LogP contribution in [-0.4, -0.2) is 80.7 Å². The van der Waals surface area contributed by atoms with Gasteiger partial charge in [-0.2, -0.15) is 0 Å². The Balaban J connectivity index is 4.40. The van der Waals surface area contributed by atoms with Crippen LogP contribution < -0.4 is 0 Å². The van der Waals surface area contributed by atoms with Crippen molar-refractivity contribution in [1.29, 1.82) is 0 Å². The Morgan fingerprint density at radius 3 is 1.61 bits per heavy atom. The fourth-order valence-electron chi connectivity index (χ4n) is 5.99. The van der Waals surface area contributed by atoms with E-state index in [2.05, 4.69) is 32.1 Å². The number of phosphoric acid groups is 1. The van der Waals surface area contributed by atoms with E-state index >= 15 is 0 Å². The number of esters is 2. The van der Waals surface area contributed by atoms with E-state index < -0.39 is 32.5 Å². The highest BCUT2D eigenvalue weighted by molar-refractivity contribution is 7.47. The third-order valence-corrected chi connectivity index (χ3v) is 10.6. The number of likely N-dealkylation sites (N-methyl/N-ethyl adjacent to an activating group) is 1. The lowest BCUT2D eigenvalue weighted by Crippen LogP contribution is -2.37. The summed E-state index contributed by atoms with van der Waals surface area (Å²) in [5.41, 5.74) is 0.